The van der Waals surface area contributed by atoms with Gasteiger partial charge < -0.3 is 10.1 Å². The van der Waals surface area contributed by atoms with Crippen LogP contribution in [0.2, 0.25) is 0 Å². The zero-order valence-electron chi connectivity index (χ0n) is 15.8. The molecule has 1 N–H and O–H groups in total. The number of hydrogen-bond acceptors (Lipinski definition) is 5. The Morgan fingerprint density at radius 2 is 1.87 bits per heavy atom. The first kappa shape index (κ1) is 21.0. The van der Waals surface area contributed by atoms with E-state index in [1.165, 1.54) is 6.07 Å². The van der Waals surface area contributed by atoms with Crippen molar-refractivity contribution in [3.05, 3.63) is 58.7 Å². The normalized spacial score (nSPS) is 11.2. The maximum absolute atomic E-state index is 14.0. The van der Waals surface area contributed by atoms with Crippen LogP contribution in [0.5, 0.6) is 5.75 Å². The number of nitrogens with one attached hydrogen (secondary N) is 1. The summed E-state index contributed by atoms with van der Waals surface area (Å²) in [6.07, 6.45) is -4.56. The van der Waals surface area contributed by atoms with Gasteiger partial charge in [0.1, 0.15) is 23.2 Å². The molecule has 0 saturated carbocycles. The number of rotatable bonds is 4. The molecule has 0 unspecified atom stereocenters. The predicted octanol–water partition coefficient (Wildman–Crippen LogP) is 4.45. The molecule has 0 fully saturated rings. The minimum atomic E-state index is -4.56. The lowest BCUT2D eigenvalue weighted by atomic mass is 10.1. The highest BCUT2D eigenvalue weighted by atomic mass is 19.4. The van der Waals surface area contributed by atoms with Gasteiger partial charge in [0, 0.05) is 11.8 Å². The van der Waals surface area contributed by atoms with Crippen molar-refractivity contribution in [3.63, 3.8) is 0 Å². The summed E-state index contributed by atoms with van der Waals surface area (Å²) in [5, 5.41) is 11.6. The Bertz CT molecular complexity index is 1190. The van der Waals surface area contributed by atoms with Gasteiger partial charge in [-0.05, 0) is 38.1 Å². The summed E-state index contributed by atoms with van der Waals surface area (Å²) in [5.41, 5.74) is 1.40. The lowest BCUT2D eigenvalue weighted by Crippen LogP contribution is -2.19. The van der Waals surface area contributed by atoms with Crippen LogP contribution in [-0.2, 0) is 0 Å². The molecule has 6 nitrogen and oxygen atoms in total. The zero-order chi connectivity index (χ0) is 22.1. The van der Waals surface area contributed by atoms with Gasteiger partial charge in [-0.1, -0.05) is 0 Å². The summed E-state index contributed by atoms with van der Waals surface area (Å²) >= 11 is 0. The number of aromatic nitrogens is 2. The zero-order valence-corrected chi connectivity index (χ0v) is 15.8. The van der Waals surface area contributed by atoms with Gasteiger partial charge in [0.05, 0.1) is 28.0 Å². The van der Waals surface area contributed by atoms with Crippen LogP contribution in [0.3, 0.4) is 0 Å². The van der Waals surface area contributed by atoms with E-state index in [1.54, 1.807) is 19.9 Å². The highest BCUT2D eigenvalue weighted by Crippen LogP contribution is 2.26. The number of carbonyl (C=O) groups excluding carboxylic acids is 1. The van der Waals surface area contributed by atoms with Gasteiger partial charge in [-0.25, -0.2) is 14.4 Å². The topological polar surface area (TPSA) is 87.9 Å². The van der Waals surface area contributed by atoms with Crippen molar-refractivity contribution in [1.29, 1.82) is 5.26 Å². The van der Waals surface area contributed by atoms with Crippen molar-refractivity contribution in [2.45, 2.75) is 20.0 Å². The fraction of sp³-hybridized carbons (Fsp3) is 0.200. The number of hydrogen-bond donors (Lipinski definition) is 1. The van der Waals surface area contributed by atoms with Gasteiger partial charge in [-0.3, -0.25) is 4.79 Å². The number of carbonyl (C=O) groups is 1. The molecule has 10 heteroatoms. The lowest BCUT2D eigenvalue weighted by Gasteiger charge is -2.12. The molecule has 3 rings (SSSR count). The Kier molecular flexibility index (Phi) is 5.56. The second kappa shape index (κ2) is 7.94. The van der Waals surface area contributed by atoms with Gasteiger partial charge in [0.25, 0.3) is 5.91 Å². The standard InChI is InChI=1S/C20H14F4N4O2/c1-10-11(2)27-18-15(6-13(21)7-16(18)26-10)19(29)28-14-3-4-17(12(5-14)8-25)30-9-20(22,23)24/h3-7H,9H2,1-2H3,(H,28,29). The Morgan fingerprint density at radius 1 is 1.17 bits per heavy atom. The van der Waals surface area contributed by atoms with Crippen LogP contribution in [0.25, 0.3) is 11.0 Å². The van der Waals surface area contributed by atoms with E-state index in [0.29, 0.717) is 11.4 Å². The fourth-order valence-corrected chi connectivity index (χ4v) is 2.65. The van der Waals surface area contributed by atoms with E-state index >= 15 is 0 Å². The van der Waals surface area contributed by atoms with Crippen LogP contribution >= 0.6 is 0 Å². The number of benzene rings is 2. The van der Waals surface area contributed by atoms with E-state index in [0.717, 1.165) is 24.3 Å². The van der Waals surface area contributed by atoms with E-state index in [1.807, 2.05) is 0 Å². The number of nitrogens with zero attached hydrogens (tertiary/aromatic N) is 3. The molecule has 0 saturated heterocycles. The van der Waals surface area contributed by atoms with Crippen molar-refractivity contribution in [2.24, 2.45) is 0 Å². The summed E-state index contributed by atoms with van der Waals surface area (Å²) in [7, 11) is 0. The smallest absolute Gasteiger partial charge is 0.422 e. The van der Waals surface area contributed by atoms with E-state index in [2.05, 4.69) is 20.0 Å². The van der Waals surface area contributed by atoms with Crippen LogP contribution in [0.1, 0.15) is 27.3 Å². The third-order valence-electron chi connectivity index (χ3n) is 4.14. The molecule has 154 valence electrons. The van der Waals surface area contributed by atoms with Crippen molar-refractivity contribution in [3.8, 4) is 11.8 Å². The van der Waals surface area contributed by atoms with Gasteiger partial charge in [-0.15, -0.1) is 0 Å². The number of nitriles is 1. The summed E-state index contributed by atoms with van der Waals surface area (Å²) in [6, 6.07) is 7.44. The molecular formula is C20H14F4N4O2. The van der Waals surface area contributed by atoms with Gasteiger partial charge >= 0.3 is 6.18 Å². The van der Waals surface area contributed by atoms with Gasteiger partial charge in [0.15, 0.2) is 6.61 Å². The summed E-state index contributed by atoms with van der Waals surface area (Å²) in [5.74, 6) is -1.68. The Morgan fingerprint density at radius 3 is 2.53 bits per heavy atom. The number of aryl methyl sites for hydroxylation is 2. The van der Waals surface area contributed by atoms with Crippen LogP contribution < -0.4 is 10.1 Å². The summed E-state index contributed by atoms with van der Waals surface area (Å²) in [4.78, 5) is 21.2. The summed E-state index contributed by atoms with van der Waals surface area (Å²) in [6.45, 7) is 1.85. The summed E-state index contributed by atoms with van der Waals surface area (Å²) < 4.78 is 55.6. The maximum atomic E-state index is 14.0. The van der Waals surface area contributed by atoms with E-state index in [-0.39, 0.29) is 33.6 Å². The van der Waals surface area contributed by atoms with E-state index in [9.17, 15) is 22.4 Å². The molecule has 3 aromatic rings. The molecule has 0 aliphatic rings. The minimum absolute atomic E-state index is 0.0727. The first-order chi connectivity index (χ1) is 14.1. The molecule has 0 aliphatic carbocycles. The highest BCUT2D eigenvalue weighted by molar-refractivity contribution is 6.11. The second-order valence-electron chi connectivity index (χ2n) is 6.40. The van der Waals surface area contributed by atoms with Crippen molar-refractivity contribution >= 4 is 22.6 Å². The number of halogens is 4. The number of alkyl halides is 3. The van der Waals surface area contributed by atoms with Crippen LogP contribution in [0.15, 0.2) is 30.3 Å². The molecule has 1 heterocycles. The molecule has 0 bridgehead atoms. The van der Waals surface area contributed by atoms with Crippen LogP contribution in [0, 0.1) is 31.0 Å². The average Bonchev–Trinajstić information content (AvgIpc) is 2.66. The highest BCUT2D eigenvalue weighted by Gasteiger charge is 2.29. The Balaban J connectivity index is 1.91. The van der Waals surface area contributed by atoms with Gasteiger partial charge in [-0.2, -0.15) is 18.4 Å². The molecule has 0 radical (unpaired) electrons. The van der Waals surface area contributed by atoms with Crippen LogP contribution in [-0.4, -0.2) is 28.7 Å². The third kappa shape index (κ3) is 4.63. The number of ether oxygens (including phenoxy) is 1. The quantitative estimate of drug-likeness (QED) is 0.633. The van der Waals surface area contributed by atoms with Crippen molar-refractivity contribution in [1.82, 2.24) is 9.97 Å². The molecule has 0 atom stereocenters. The second-order valence-corrected chi connectivity index (χ2v) is 6.40. The fourth-order valence-electron chi connectivity index (χ4n) is 2.65. The molecule has 30 heavy (non-hydrogen) atoms. The van der Waals surface area contributed by atoms with E-state index in [4.69, 9.17) is 5.26 Å². The monoisotopic (exact) mass is 418 g/mol. The molecule has 1 amide bonds. The first-order valence-electron chi connectivity index (χ1n) is 8.57. The number of anilines is 1. The maximum Gasteiger partial charge on any atom is 0.422 e. The SMILES string of the molecule is Cc1nc2cc(F)cc(C(=O)Nc3ccc(OCC(F)(F)F)c(C#N)c3)c2nc1C. The Labute approximate surface area is 168 Å². The van der Waals surface area contributed by atoms with Gasteiger partial charge in [0.2, 0.25) is 0 Å². The van der Waals surface area contributed by atoms with Crippen LogP contribution in [0.4, 0.5) is 23.2 Å². The lowest BCUT2D eigenvalue weighted by molar-refractivity contribution is -0.153. The third-order valence-corrected chi connectivity index (χ3v) is 4.14. The van der Waals surface area contributed by atoms with Crippen molar-refractivity contribution < 1.29 is 27.1 Å². The van der Waals surface area contributed by atoms with E-state index < -0.39 is 24.5 Å². The number of fused-ring (bicyclic) bond motifs is 1. The Hall–Kier alpha value is -3.74. The first-order valence-corrected chi connectivity index (χ1v) is 8.57. The predicted molar refractivity (Wildman–Crippen MR) is 99.6 cm³/mol. The minimum Gasteiger partial charge on any atom is -0.483 e. The molecular weight excluding hydrogens is 404 g/mol. The molecule has 0 spiro atoms. The molecule has 0 aliphatic heterocycles. The number of amides is 1. The average molecular weight is 418 g/mol. The van der Waals surface area contributed by atoms with Crippen molar-refractivity contribution in [2.75, 3.05) is 11.9 Å². The molecule has 2 aromatic carbocycles. The largest absolute Gasteiger partial charge is 0.483 e. The molecule has 1 aromatic heterocycles.